The summed E-state index contributed by atoms with van der Waals surface area (Å²) in [6, 6.07) is 8.07. The minimum Gasteiger partial charge on any atom is -0.354 e. The summed E-state index contributed by atoms with van der Waals surface area (Å²) < 4.78 is 14.2. The molecule has 31 heavy (non-hydrogen) atoms. The molecule has 2 amide bonds. The van der Waals surface area contributed by atoms with Crippen LogP contribution in [0.25, 0.3) is 0 Å². The number of hydrogen-bond acceptors (Lipinski definition) is 4. The van der Waals surface area contributed by atoms with Gasteiger partial charge in [-0.1, -0.05) is 17.7 Å². The van der Waals surface area contributed by atoms with E-state index in [4.69, 9.17) is 11.6 Å². The summed E-state index contributed by atoms with van der Waals surface area (Å²) in [6.45, 7) is 2.22. The zero-order valence-corrected chi connectivity index (χ0v) is 17.8. The van der Waals surface area contributed by atoms with Gasteiger partial charge in [0.2, 0.25) is 0 Å². The fourth-order valence-electron chi connectivity index (χ4n) is 3.73. The molecule has 6 nitrogen and oxygen atoms in total. The van der Waals surface area contributed by atoms with E-state index in [1.165, 1.54) is 23.2 Å². The number of aromatic nitrogens is 2. The Bertz CT molecular complexity index is 1180. The largest absolute Gasteiger partial charge is 0.354 e. The molecule has 0 unspecified atom stereocenters. The Morgan fingerprint density at radius 1 is 1.29 bits per heavy atom. The van der Waals surface area contributed by atoms with Gasteiger partial charge < -0.3 is 5.32 Å². The Balaban J connectivity index is 1.68. The van der Waals surface area contributed by atoms with E-state index in [1.54, 1.807) is 19.3 Å². The van der Waals surface area contributed by atoms with Crippen LogP contribution in [0.1, 0.15) is 43.1 Å². The second-order valence-electron chi connectivity index (χ2n) is 7.32. The zero-order valence-electron chi connectivity index (χ0n) is 17.1. The second kappa shape index (κ2) is 8.43. The number of fused-ring (bicyclic) bond motifs is 1. The highest BCUT2D eigenvalue weighted by atomic mass is 35.5. The minimum atomic E-state index is -0.542. The first-order valence-electron chi connectivity index (χ1n) is 9.81. The summed E-state index contributed by atoms with van der Waals surface area (Å²) >= 11 is 6.63. The maximum absolute atomic E-state index is 14.2. The minimum absolute atomic E-state index is 0.0189. The number of carbonyl (C=O) groups is 2. The van der Waals surface area contributed by atoms with E-state index in [0.717, 1.165) is 22.3 Å². The third-order valence-electron chi connectivity index (χ3n) is 5.45. The summed E-state index contributed by atoms with van der Waals surface area (Å²) in [4.78, 5) is 34.5. The lowest BCUT2D eigenvalue weighted by Gasteiger charge is -2.29. The lowest BCUT2D eigenvalue weighted by Crippen LogP contribution is -2.39. The molecule has 0 spiro atoms. The fraction of sp³-hybridized carbons (Fsp3) is 0.217. The first kappa shape index (κ1) is 20.9. The molecule has 8 heteroatoms. The molecule has 2 aromatic heterocycles. The van der Waals surface area contributed by atoms with Gasteiger partial charge in [0.25, 0.3) is 11.8 Å². The van der Waals surface area contributed by atoms with Gasteiger partial charge in [-0.15, -0.1) is 0 Å². The van der Waals surface area contributed by atoms with Gasteiger partial charge in [0, 0.05) is 36.6 Å². The Hall–Kier alpha value is -3.32. The number of amides is 2. The number of nitrogens with zero attached hydrogens (tertiary/aromatic N) is 3. The maximum Gasteiger partial charge on any atom is 0.269 e. The number of pyridine rings is 2. The second-order valence-corrected chi connectivity index (χ2v) is 7.70. The van der Waals surface area contributed by atoms with Gasteiger partial charge in [0.15, 0.2) is 11.6 Å². The molecule has 0 aliphatic carbocycles. The number of carbonyl (C=O) groups excluding carboxylic acids is 2. The molecule has 1 aromatic carbocycles. The average molecular weight is 439 g/mol. The summed E-state index contributed by atoms with van der Waals surface area (Å²) in [5, 5.41) is 3.09. The number of rotatable bonds is 4. The highest BCUT2D eigenvalue weighted by Crippen LogP contribution is 2.34. The van der Waals surface area contributed by atoms with E-state index in [2.05, 4.69) is 15.3 Å². The van der Waals surface area contributed by atoms with Crippen LogP contribution >= 0.6 is 11.6 Å². The van der Waals surface area contributed by atoms with Gasteiger partial charge >= 0.3 is 0 Å². The quantitative estimate of drug-likeness (QED) is 0.673. The summed E-state index contributed by atoms with van der Waals surface area (Å²) in [6.07, 6.45) is 4.10. The first-order chi connectivity index (χ1) is 14.9. The monoisotopic (exact) mass is 438 g/mol. The van der Waals surface area contributed by atoms with Gasteiger partial charge in [-0.2, -0.15) is 0 Å². The number of hydrogen-bond donors (Lipinski definition) is 1. The van der Waals surface area contributed by atoms with Crippen LogP contribution in [0.15, 0.2) is 42.7 Å². The predicted molar refractivity (Wildman–Crippen MR) is 116 cm³/mol. The Labute approximate surface area is 184 Å². The summed E-state index contributed by atoms with van der Waals surface area (Å²) in [7, 11) is 1.55. The molecule has 0 bridgehead atoms. The molecule has 1 aliphatic heterocycles. The van der Waals surface area contributed by atoms with E-state index >= 15 is 0 Å². The molecule has 1 aliphatic rings. The lowest BCUT2D eigenvalue weighted by atomic mass is 9.91. The molecule has 0 atom stereocenters. The van der Waals surface area contributed by atoms with Crippen molar-refractivity contribution in [1.29, 1.82) is 0 Å². The van der Waals surface area contributed by atoms with Crippen molar-refractivity contribution >= 4 is 29.2 Å². The average Bonchev–Trinajstić information content (AvgIpc) is 2.78. The molecule has 0 fully saturated rings. The van der Waals surface area contributed by atoms with Crippen LogP contribution in [0, 0.1) is 12.7 Å². The van der Waals surface area contributed by atoms with Crippen molar-refractivity contribution in [3.05, 3.63) is 87.1 Å². The van der Waals surface area contributed by atoms with Crippen molar-refractivity contribution in [1.82, 2.24) is 15.3 Å². The Kier molecular flexibility index (Phi) is 5.69. The number of benzene rings is 1. The predicted octanol–water partition coefficient (Wildman–Crippen LogP) is 3.73. The molecule has 4 rings (SSSR count). The SMILES string of the molecule is CNC(=O)c1ccc(Cc2cc3c(c(Cl)c2C)CCN(c2ncccc2F)C3=O)cn1. The Morgan fingerprint density at radius 3 is 2.77 bits per heavy atom. The summed E-state index contributed by atoms with van der Waals surface area (Å²) in [5.74, 6) is -1.10. The van der Waals surface area contributed by atoms with Gasteiger partial charge in [-0.05, 0) is 66.3 Å². The highest BCUT2D eigenvalue weighted by Gasteiger charge is 2.30. The van der Waals surface area contributed by atoms with Crippen molar-refractivity contribution in [2.45, 2.75) is 19.8 Å². The first-order valence-corrected chi connectivity index (χ1v) is 10.2. The molecule has 3 aromatic rings. The number of halogens is 2. The molecule has 0 saturated carbocycles. The van der Waals surface area contributed by atoms with Gasteiger partial charge in [0.05, 0.1) is 0 Å². The van der Waals surface area contributed by atoms with Crippen molar-refractivity contribution < 1.29 is 14.0 Å². The van der Waals surface area contributed by atoms with Crippen LogP contribution in [0.4, 0.5) is 10.2 Å². The van der Waals surface area contributed by atoms with E-state index in [9.17, 15) is 14.0 Å². The van der Waals surface area contributed by atoms with Gasteiger partial charge in [0.1, 0.15) is 5.69 Å². The molecule has 3 heterocycles. The van der Waals surface area contributed by atoms with Crippen molar-refractivity contribution in [2.75, 3.05) is 18.5 Å². The van der Waals surface area contributed by atoms with E-state index in [-0.39, 0.29) is 17.6 Å². The third kappa shape index (κ3) is 3.88. The van der Waals surface area contributed by atoms with Gasteiger partial charge in [-0.25, -0.2) is 9.37 Å². The van der Waals surface area contributed by atoms with E-state index < -0.39 is 5.82 Å². The third-order valence-corrected chi connectivity index (χ3v) is 5.97. The fourth-order valence-corrected chi connectivity index (χ4v) is 4.05. The molecule has 0 radical (unpaired) electrons. The summed E-state index contributed by atoms with van der Waals surface area (Å²) in [5.41, 5.74) is 4.19. The van der Waals surface area contributed by atoms with Crippen molar-refractivity contribution in [3.8, 4) is 0 Å². The van der Waals surface area contributed by atoms with Crippen LogP contribution in [-0.4, -0.2) is 35.4 Å². The van der Waals surface area contributed by atoms with Crippen molar-refractivity contribution in [3.63, 3.8) is 0 Å². The molecular weight excluding hydrogens is 419 g/mol. The maximum atomic E-state index is 14.2. The van der Waals surface area contributed by atoms with Crippen LogP contribution in [0.3, 0.4) is 0 Å². The van der Waals surface area contributed by atoms with Crippen LogP contribution in [0.2, 0.25) is 5.02 Å². The molecular formula is C23H20ClFN4O2. The molecule has 158 valence electrons. The van der Waals surface area contributed by atoms with Gasteiger partial charge in [-0.3, -0.25) is 19.5 Å². The number of nitrogens with one attached hydrogen (secondary N) is 1. The lowest BCUT2D eigenvalue weighted by molar-refractivity contribution is 0.0955. The smallest absolute Gasteiger partial charge is 0.269 e. The zero-order chi connectivity index (χ0) is 22.1. The van der Waals surface area contributed by atoms with Crippen LogP contribution < -0.4 is 10.2 Å². The van der Waals surface area contributed by atoms with Crippen LogP contribution in [0.5, 0.6) is 0 Å². The van der Waals surface area contributed by atoms with Crippen molar-refractivity contribution in [2.24, 2.45) is 0 Å². The van der Waals surface area contributed by atoms with E-state index in [1.807, 2.05) is 19.1 Å². The molecule has 1 N–H and O–H groups in total. The standard InChI is InChI=1S/C23H20ClFN4O2/c1-13-15(10-14-5-6-19(28-12-14)22(30)26-2)11-17-16(20(13)24)7-9-29(23(17)31)21-18(25)4-3-8-27-21/h3-6,8,11-12H,7,9-10H2,1-2H3,(H,26,30). The number of anilines is 1. The highest BCUT2D eigenvalue weighted by molar-refractivity contribution is 6.33. The van der Waals surface area contributed by atoms with E-state index in [0.29, 0.717) is 35.7 Å². The molecule has 0 saturated heterocycles. The Morgan fingerprint density at radius 2 is 2.10 bits per heavy atom. The normalized spacial score (nSPS) is 13.2. The van der Waals surface area contributed by atoms with Crippen LogP contribution in [-0.2, 0) is 12.8 Å². The topological polar surface area (TPSA) is 75.2 Å².